The number of amides is 3. The number of allylic oxidation sites excluding steroid dienone is 2. The van der Waals surface area contributed by atoms with Crippen molar-refractivity contribution in [2.24, 2.45) is 17.8 Å². The lowest BCUT2D eigenvalue weighted by atomic mass is 9.85. The minimum atomic E-state index is -0.556. The van der Waals surface area contributed by atoms with Gasteiger partial charge in [-0.2, -0.15) is 0 Å². The number of rotatable bonds is 4. The van der Waals surface area contributed by atoms with Gasteiger partial charge in [0, 0.05) is 18.7 Å². The summed E-state index contributed by atoms with van der Waals surface area (Å²) in [7, 11) is 0. The van der Waals surface area contributed by atoms with Gasteiger partial charge in [0.2, 0.25) is 17.7 Å². The van der Waals surface area contributed by atoms with Gasteiger partial charge in [0.15, 0.2) is 0 Å². The van der Waals surface area contributed by atoms with Crippen molar-refractivity contribution in [3.05, 3.63) is 66.7 Å². The maximum absolute atomic E-state index is 12.7. The number of imide groups is 1. The first kappa shape index (κ1) is 20.2. The molecule has 2 fully saturated rings. The highest BCUT2D eigenvalue weighted by atomic mass is 16.5. The number of carbonyl (C=O) groups is 4. The third kappa shape index (κ3) is 3.49. The lowest BCUT2D eigenvalue weighted by Crippen LogP contribution is -2.30. The van der Waals surface area contributed by atoms with Crippen molar-refractivity contribution in [1.82, 2.24) is 0 Å². The van der Waals surface area contributed by atoms with Gasteiger partial charge in [-0.1, -0.05) is 30.4 Å². The molecule has 3 atom stereocenters. The first-order valence-electron chi connectivity index (χ1n) is 10.7. The summed E-state index contributed by atoms with van der Waals surface area (Å²) in [4.78, 5) is 53.2. The van der Waals surface area contributed by atoms with Crippen molar-refractivity contribution in [2.45, 2.75) is 19.3 Å². The van der Waals surface area contributed by atoms with Gasteiger partial charge in [-0.3, -0.25) is 24.1 Å². The van der Waals surface area contributed by atoms with Crippen LogP contribution in [0.1, 0.15) is 19.3 Å². The summed E-state index contributed by atoms with van der Waals surface area (Å²) in [6, 6.07) is 15.6. The predicted octanol–water partition coefficient (Wildman–Crippen LogP) is 3.10. The topological polar surface area (TPSA) is 84.0 Å². The third-order valence-electron chi connectivity index (χ3n) is 6.35. The molecular weight excluding hydrogens is 408 g/mol. The number of anilines is 2. The van der Waals surface area contributed by atoms with Crippen LogP contribution in [0.5, 0.6) is 5.75 Å². The minimum absolute atomic E-state index is 0.0966. The average molecular weight is 430 g/mol. The minimum Gasteiger partial charge on any atom is -0.426 e. The maximum atomic E-state index is 12.7. The maximum Gasteiger partial charge on any atom is 0.316 e. The zero-order valence-electron chi connectivity index (χ0n) is 17.3. The molecule has 2 aromatic carbocycles. The van der Waals surface area contributed by atoms with E-state index in [4.69, 9.17) is 4.74 Å². The number of hydrogen-bond donors (Lipinski definition) is 0. The first-order chi connectivity index (χ1) is 15.5. The van der Waals surface area contributed by atoms with Crippen LogP contribution in [0, 0.1) is 17.8 Å². The Kier molecular flexibility index (Phi) is 5.09. The third-order valence-corrected chi connectivity index (χ3v) is 6.35. The molecule has 0 bridgehead atoms. The molecular formula is C25H22N2O5. The molecule has 0 radical (unpaired) electrons. The molecule has 2 aromatic rings. The van der Waals surface area contributed by atoms with E-state index in [2.05, 4.69) is 0 Å². The fourth-order valence-electron chi connectivity index (χ4n) is 4.64. The highest BCUT2D eigenvalue weighted by Gasteiger charge is 2.47. The fraction of sp³-hybridized carbons (Fsp3) is 0.280. The number of fused-ring (bicyclic) bond motifs is 1. The Labute approximate surface area is 185 Å². The van der Waals surface area contributed by atoms with Crippen molar-refractivity contribution in [3.8, 4) is 5.75 Å². The van der Waals surface area contributed by atoms with Crippen LogP contribution in [0.4, 0.5) is 11.4 Å². The molecule has 0 unspecified atom stereocenters. The van der Waals surface area contributed by atoms with Crippen molar-refractivity contribution >= 4 is 35.1 Å². The molecule has 0 N–H and O–H groups in total. The van der Waals surface area contributed by atoms with Crippen molar-refractivity contribution < 1.29 is 23.9 Å². The normalized spacial score (nSPS) is 24.8. The molecule has 3 amide bonds. The monoisotopic (exact) mass is 430 g/mol. The van der Waals surface area contributed by atoms with Crippen LogP contribution in [0.25, 0.3) is 0 Å². The van der Waals surface area contributed by atoms with Crippen molar-refractivity contribution in [3.63, 3.8) is 0 Å². The van der Waals surface area contributed by atoms with E-state index in [1.807, 2.05) is 42.5 Å². The van der Waals surface area contributed by atoms with E-state index in [0.717, 1.165) is 5.69 Å². The Morgan fingerprint density at radius 2 is 1.44 bits per heavy atom. The Bertz CT molecular complexity index is 1080. The molecule has 0 spiro atoms. The second-order valence-electron chi connectivity index (χ2n) is 8.32. The molecule has 32 heavy (non-hydrogen) atoms. The summed E-state index contributed by atoms with van der Waals surface area (Å²) >= 11 is 0. The van der Waals surface area contributed by atoms with Crippen LogP contribution in [-0.4, -0.2) is 30.2 Å². The van der Waals surface area contributed by atoms with E-state index in [0.29, 0.717) is 24.3 Å². The Morgan fingerprint density at radius 3 is 2.06 bits per heavy atom. The zero-order valence-corrected chi connectivity index (χ0v) is 17.3. The van der Waals surface area contributed by atoms with Crippen molar-refractivity contribution in [1.29, 1.82) is 0 Å². The summed E-state index contributed by atoms with van der Waals surface area (Å²) in [6.07, 6.45) is 5.17. The van der Waals surface area contributed by atoms with E-state index in [1.165, 1.54) is 4.90 Å². The number of carbonyl (C=O) groups excluding carboxylic acids is 4. The first-order valence-corrected chi connectivity index (χ1v) is 10.7. The number of esters is 1. The van der Waals surface area contributed by atoms with Gasteiger partial charge in [0.25, 0.3) is 0 Å². The van der Waals surface area contributed by atoms with Crippen LogP contribution < -0.4 is 14.5 Å². The van der Waals surface area contributed by atoms with Crippen LogP contribution in [0.3, 0.4) is 0 Å². The summed E-state index contributed by atoms with van der Waals surface area (Å²) < 4.78 is 5.48. The Hall–Kier alpha value is -3.74. The Balaban J connectivity index is 1.25. The second-order valence-corrected chi connectivity index (χ2v) is 8.32. The highest BCUT2D eigenvalue weighted by molar-refractivity contribution is 6.22. The van der Waals surface area contributed by atoms with E-state index in [1.54, 1.807) is 29.2 Å². The van der Waals surface area contributed by atoms with E-state index < -0.39 is 11.9 Å². The zero-order chi connectivity index (χ0) is 22.2. The molecule has 0 saturated carbocycles. The summed E-state index contributed by atoms with van der Waals surface area (Å²) in [6.45, 7) is 0.271. The molecule has 3 aliphatic rings. The van der Waals surface area contributed by atoms with Crippen LogP contribution in [0.2, 0.25) is 0 Å². The average Bonchev–Trinajstić information content (AvgIpc) is 3.33. The predicted molar refractivity (Wildman–Crippen MR) is 117 cm³/mol. The van der Waals surface area contributed by atoms with Crippen LogP contribution >= 0.6 is 0 Å². The van der Waals surface area contributed by atoms with Gasteiger partial charge in [0.1, 0.15) is 5.75 Å². The van der Waals surface area contributed by atoms with E-state index in [-0.39, 0.29) is 42.5 Å². The molecule has 2 heterocycles. The molecule has 1 aliphatic carbocycles. The van der Waals surface area contributed by atoms with Gasteiger partial charge in [0.05, 0.1) is 23.4 Å². The number of nitrogens with zero attached hydrogens (tertiary/aromatic N) is 2. The van der Waals surface area contributed by atoms with Crippen LogP contribution in [-0.2, 0) is 19.2 Å². The Morgan fingerprint density at radius 1 is 0.812 bits per heavy atom. The fourth-order valence-corrected chi connectivity index (χ4v) is 4.64. The molecule has 0 aromatic heterocycles. The lowest BCUT2D eigenvalue weighted by Gasteiger charge is -2.17. The smallest absolute Gasteiger partial charge is 0.316 e. The van der Waals surface area contributed by atoms with Crippen molar-refractivity contribution in [2.75, 3.05) is 16.3 Å². The number of benzene rings is 2. The van der Waals surface area contributed by atoms with Gasteiger partial charge < -0.3 is 9.64 Å². The van der Waals surface area contributed by atoms with Gasteiger partial charge >= 0.3 is 5.97 Å². The molecule has 5 rings (SSSR count). The number of ether oxygens (including phenoxy) is 1. The molecule has 7 nitrogen and oxygen atoms in total. The van der Waals surface area contributed by atoms with E-state index in [9.17, 15) is 19.2 Å². The number of para-hydroxylation sites is 1. The van der Waals surface area contributed by atoms with E-state index >= 15 is 0 Å². The standard InChI is InChI=1S/C25H22N2O5/c28-22-14-16(15-26(22)17-6-2-1-3-7-17)25(31)32-19-12-10-18(11-13-19)27-23(29)20-8-4-5-9-21(20)24(27)30/h1-7,10-13,16,20-21H,8-9,14-15H2/t16-,20-,21-/m0/s1. The SMILES string of the molecule is O=C(Oc1ccc(N2C(=O)[C@H]3CC=CC[C@@H]3C2=O)cc1)[C@H]1CC(=O)N(c2ccccc2)C1. The summed E-state index contributed by atoms with van der Waals surface area (Å²) in [5, 5.41) is 0. The van der Waals surface area contributed by atoms with Crippen LogP contribution in [0.15, 0.2) is 66.7 Å². The largest absolute Gasteiger partial charge is 0.426 e. The molecule has 162 valence electrons. The van der Waals surface area contributed by atoms with Gasteiger partial charge in [-0.15, -0.1) is 0 Å². The molecule has 7 heteroatoms. The highest BCUT2D eigenvalue weighted by Crippen LogP contribution is 2.38. The number of hydrogen-bond acceptors (Lipinski definition) is 5. The van der Waals surface area contributed by atoms with Gasteiger partial charge in [-0.25, -0.2) is 0 Å². The molecule has 2 saturated heterocycles. The quantitative estimate of drug-likeness (QED) is 0.322. The van der Waals surface area contributed by atoms with Gasteiger partial charge in [-0.05, 0) is 49.2 Å². The summed E-state index contributed by atoms with van der Waals surface area (Å²) in [5.41, 5.74) is 1.23. The summed E-state index contributed by atoms with van der Waals surface area (Å²) in [5.74, 6) is -1.79. The second kappa shape index (κ2) is 8.07. The lowest BCUT2D eigenvalue weighted by molar-refractivity contribution is -0.139. The molecule has 2 aliphatic heterocycles.